The topological polar surface area (TPSA) is 26.0 Å². The zero-order valence-electron chi connectivity index (χ0n) is 8.51. The first-order valence-corrected chi connectivity index (χ1v) is 5.32. The van der Waals surface area contributed by atoms with E-state index in [0.717, 1.165) is 23.7 Å². The summed E-state index contributed by atoms with van der Waals surface area (Å²) >= 11 is 0. The van der Waals surface area contributed by atoms with Crippen molar-refractivity contribution in [2.75, 3.05) is 0 Å². The minimum atomic E-state index is 0.150. The van der Waals surface area contributed by atoms with Crippen LogP contribution in [0.3, 0.4) is 0 Å². The van der Waals surface area contributed by atoms with Gasteiger partial charge in [0.2, 0.25) is 0 Å². The SMILES string of the molecule is CC(C)[C@H]1[C@@H]2CC[C@@H](C2)[C@]1(C)N. The quantitative estimate of drug-likeness (QED) is 0.637. The number of nitrogens with two attached hydrogens (primary N) is 1. The van der Waals surface area contributed by atoms with Crippen molar-refractivity contribution >= 4 is 0 Å². The van der Waals surface area contributed by atoms with E-state index in [0.29, 0.717) is 0 Å². The van der Waals surface area contributed by atoms with Crippen LogP contribution in [-0.2, 0) is 0 Å². The van der Waals surface area contributed by atoms with Crippen molar-refractivity contribution in [1.29, 1.82) is 0 Å². The molecule has 12 heavy (non-hydrogen) atoms. The predicted octanol–water partition coefficient (Wildman–Crippen LogP) is 2.41. The van der Waals surface area contributed by atoms with Crippen LogP contribution in [0.4, 0.5) is 0 Å². The van der Waals surface area contributed by atoms with E-state index >= 15 is 0 Å². The highest BCUT2D eigenvalue weighted by atomic mass is 14.8. The summed E-state index contributed by atoms with van der Waals surface area (Å²) in [5.74, 6) is 3.34. The summed E-state index contributed by atoms with van der Waals surface area (Å²) in [7, 11) is 0. The Bertz CT molecular complexity index is 183. The minimum absolute atomic E-state index is 0.150. The summed E-state index contributed by atoms with van der Waals surface area (Å²) in [4.78, 5) is 0. The third-order valence-corrected chi connectivity index (χ3v) is 4.30. The first-order valence-electron chi connectivity index (χ1n) is 5.32. The van der Waals surface area contributed by atoms with Crippen molar-refractivity contribution in [3.63, 3.8) is 0 Å². The molecule has 4 atom stereocenters. The molecule has 2 aliphatic carbocycles. The van der Waals surface area contributed by atoms with Crippen LogP contribution in [-0.4, -0.2) is 5.54 Å². The fourth-order valence-corrected chi connectivity index (χ4v) is 3.95. The second-order valence-corrected chi connectivity index (χ2v) is 5.41. The average Bonchev–Trinajstić information content (AvgIpc) is 2.41. The molecule has 0 unspecified atom stereocenters. The summed E-state index contributed by atoms with van der Waals surface area (Å²) in [6.45, 7) is 6.94. The average molecular weight is 167 g/mol. The van der Waals surface area contributed by atoms with E-state index in [9.17, 15) is 0 Å². The molecule has 0 spiro atoms. The molecule has 2 fully saturated rings. The molecule has 0 radical (unpaired) electrons. The van der Waals surface area contributed by atoms with Crippen molar-refractivity contribution in [3.8, 4) is 0 Å². The van der Waals surface area contributed by atoms with Gasteiger partial charge in [-0.25, -0.2) is 0 Å². The van der Waals surface area contributed by atoms with Crippen molar-refractivity contribution in [2.45, 2.75) is 45.6 Å². The van der Waals surface area contributed by atoms with Gasteiger partial charge in [0.05, 0.1) is 0 Å². The highest BCUT2D eigenvalue weighted by Crippen LogP contribution is 2.55. The molecule has 0 aromatic rings. The Hall–Kier alpha value is -0.0400. The number of rotatable bonds is 1. The van der Waals surface area contributed by atoms with Gasteiger partial charge in [-0.05, 0) is 49.9 Å². The van der Waals surface area contributed by atoms with Gasteiger partial charge in [-0.1, -0.05) is 13.8 Å². The molecule has 0 aromatic heterocycles. The van der Waals surface area contributed by atoms with Crippen LogP contribution in [0.1, 0.15) is 40.0 Å². The van der Waals surface area contributed by atoms with Gasteiger partial charge in [0.15, 0.2) is 0 Å². The lowest BCUT2D eigenvalue weighted by Crippen LogP contribution is -2.50. The van der Waals surface area contributed by atoms with Crippen LogP contribution in [0, 0.1) is 23.7 Å². The van der Waals surface area contributed by atoms with Crippen molar-refractivity contribution in [1.82, 2.24) is 0 Å². The monoisotopic (exact) mass is 167 g/mol. The first kappa shape index (κ1) is 8.55. The minimum Gasteiger partial charge on any atom is -0.325 e. The number of hydrogen-bond acceptors (Lipinski definition) is 1. The van der Waals surface area contributed by atoms with E-state index in [-0.39, 0.29) is 5.54 Å². The predicted molar refractivity (Wildman–Crippen MR) is 51.8 cm³/mol. The van der Waals surface area contributed by atoms with Crippen LogP contribution in [0.2, 0.25) is 0 Å². The van der Waals surface area contributed by atoms with Gasteiger partial charge in [0.25, 0.3) is 0 Å². The second kappa shape index (κ2) is 2.47. The third kappa shape index (κ3) is 0.953. The van der Waals surface area contributed by atoms with Gasteiger partial charge in [-0.2, -0.15) is 0 Å². The molecule has 2 rings (SSSR count). The third-order valence-electron chi connectivity index (χ3n) is 4.30. The zero-order valence-corrected chi connectivity index (χ0v) is 8.51. The van der Waals surface area contributed by atoms with Crippen LogP contribution in [0.25, 0.3) is 0 Å². The van der Waals surface area contributed by atoms with Gasteiger partial charge in [0.1, 0.15) is 0 Å². The Balaban J connectivity index is 2.23. The summed E-state index contributed by atoms with van der Waals surface area (Å²) in [5, 5.41) is 0. The molecule has 0 aliphatic heterocycles. The van der Waals surface area contributed by atoms with Gasteiger partial charge in [-0.15, -0.1) is 0 Å². The van der Waals surface area contributed by atoms with Crippen molar-refractivity contribution in [3.05, 3.63) is 0 Å². The molecule has 70 valence electrons. The molecule has 2 saturated carbocycles. The Labute approximate surface area is 75.7 Å². The number of fused-ring (bicyclic) bond motifs is 2. The second-order valence-electron chi connectivity index (χ2n) is 5.41. The Morgan fingerprint density at radius 1 is 1.33 bits per heavy atom. The maximum Gasteiger partial charge on any atom is 0.0188 e. The van der Waals surface area contributed by atoms with E-state index in [1.165, 1.54) is 19.3 Å². The normalized spacial score (nSPS) is 52.2. The van der Waals surface area contributed by atoms with E-state index in [1.54, 1.807) is 0 Å². The van der Waals surface area contributed by atoms with Crippen molar-refractivity contribution < 1.29 is 0 Å². The van der Waals surface area contributed by atoms with Crippen LogP contribution in [0.15, 0.2) is 0 Å². The molecular formula is C11H21N. The Kier molecular flexibility index (Phi) is 1.76. The summed E-state index contributed by atoms with van der Waals surface area (Å²) in [6, 6.07) is 0. The first-order chi connectivity index (χ1) is 5.53. The Morgan fingerprint density at radius 2 is 2.00 bits per heavy atom. The Morgan fingerprint density at radius 3 is 2.33 bits per heavy atom. The molecule has 0 aromatic carbocycles. The molecular weight excluding hydrogens is 146 g/mol. The van der Waals surface area contributed by atoms with Gasteiger partial charge in [0, 0.05) is 5.54 Å². The smallest absolute Gasteiger partial charge is 0.0188 e. The van der Waals surface area contributed by atoms with Gasteiger partial charge < -0.3 is 5.73 Å². The fourth-order valence-electron chi connectivity index (χ4n) is 3.95. The van der Waals surface area contributed by atoms with Gasteiger partial charge in [-0.3, -0.25) is 0 Å². The molecule has 1 heteroatoms. The summed E-state index contributed by atoms with van der Waals surface area (Å²) in [5.41, 5.74) is 6.56. The molecule has 0 saturated heterocycles. The molecule has 0 heterocycles. The maximum absolute atomic E-state index is 6.41. The zero-order chi connectivity index (χ0) is 8.93. The van der Waals surface area contributed by atoms with Crippen LogP contribution >= 0.6 is 0 Å². The summed E-state index contributed by atoms with van der Waals surface area (Å²) in [6.07, 6.45) is 4.25. The van der Waals surface area contributed by atoms with E-state index in [4.69, 9.17) is 5.73 Å². The van der Waals surface area contributed by atoms with E-state index < -0.39 is 0 Å². The highest BCUT2D eigenvalue weighted by molar-refractivity contribution is 5.08. The molecule has 1 nitrogen and oxygen atoms in total. The van der Waals surface area contributed by atoms with Crippen molar-refractivity contribution in [2.24, 2.45) is 29.4 Å². The lowest BCUT2D eigenvalue weighted by Gasteiger charge is -2.40. The van der Waals surface area contributed by atoms with Gasteiger partial charge >= 0.3 is 0 Å². The maximum atomic E-state index is 6.41. The molecule has 0 amide bonds. The van der Waals surface area contributed by atoms with E-state index in [1.807, 2.05) is 0 Å². The van der Waals surface area contributed by atoms with E-state index in [2.05, 4.69) is 20.8 Å². The highest BCUT2D eigenvalue weighted by Gasteiger charge is 2.53. The van der Waals surface area contributed by atoms with Crippen LogP contribution in [0.5, 0.6) is 0 Å². The van der Waals surface area contributed by atoms with Crippen LogP contribution < -0.4 is 5.73 Å². The lowest BCUT2D eigenvalue weighted by atomic mass is 9.70. The molecule has 2 aliphatic rings. The summed E-state index contributed by atoms with van der Waals surface area (Å²) < 4.78 is 0. The largest absolute Gasteiger partial charge is 0.325 e. The number of hydrogen-bond donors (Lipinski definition) is 1. The fraction of sp³-hybridized carbons (Fsp3) is 1.00. The molecule has 2 N–H and O–H groups in total. The molecule has 2 bridgehead atoms. The standard InChI is InChI=1S/C11H21N/c1-7(2)10-8-4-5-9(6-8)11(10,3)12/h7-10H,4-6,12H2,1-3H3/t8-,9+,10+,11+/m1/s1. The lowest BCUT2D eigenvalue weighted by molar-refractivity contribution is 0.145.